The lowest BCUT2D eigenvalue weighted by atomic mass is 9.92. The van der Waals surface area contributed by atoms with E-state index in [2.05, 4.69) is 17.1 Å². The van der Waals surface area contributed by atoms with Crippen LogP contribution in [0.5, 0.6) is 0 Å². The van der Waals surface area contributed by atoms with Crippen LogP contribution in [0.4, 0.5) is 0 Å². The van der Waals surface area contributed by atoms with Crippen LogP contribution in [-0.4, -0.2) is 79.3 Å². The zero-order valence-corrected chi connectivity index (χ0v) is 20.2. The van der Waals surface area contributed by atoms with Crippen molar-refractivity contribution in [3.63, 3.8) is 0 Å². The number of likely N-dealkylation sites (tertiary alicyclic amines) is 1. The van der Waals surface area contributed by atoms with Crippen LogP contribution in [0.15, 0.2) is 0 Å². The fraction of sp³-hybridized carbons (Fsp3) is 0.913. The Morgan fingerprint density at radius 2 is 1.81 bits per heavy atom. The highest BCUT2D eigenvalue weighted by Gasteiger charge is 2.39. The smallest absolute Gasteiger partial charge is 0.237 e. The molecule has 31 heavy (non-hydrogen) atoms. The Hall–Kier alpha value is -1.15. The van der Waals surface area contributed by atoms with Gasteiger partial charge in [-0.1, -0.05) is 32.6 Å². The molecule has 3 atom stereocenters. The third-order valence-corrected chi connectivity index (χ3v) is 8.95. The zero-order chi connectivity index (χ0) is 22.4. The summed E-state index contributed by atoms with van der Waals surface area (Å²) in [4.78, 5) is 30.2. The highest BCUT2D eigenvalue weighted by molar-refractivity contribution is 7.91. The van der Waals surface area contributed by atoms with E-state index in [1.165, 1.54) is 6.42 Å². The molecule has 1 aliphatic carbocycles. The molecule has 2 aliphatic heterocycles. The van der Waals surface area contributed by atoms with Crippen molar-refractivity contribution in [2.45, 2.75) is 96.2 Å². The molecule has 178 valence electrons. The number of carbonyl (C=O) groups excluding carboxylic acids is 2. The van der Waals surface area contributed by atoms with E-state index in [0.29, 0.717) is 19.5 Å². The van der Waals surface area contributed by atoms with Crippen molar-refractivity contribution in [1.82, 2.24) is 15.1 Å². The van der Waals surface area contributed by atoms with Crippen LogP contribution >= 0.6 is 0 Å². The maximum atomic E-state index is 13.4. The van der Waals surface area contributed by atoms with Crippen molar-refractivity contribution in [2.24, 2.45) is 5.92 Å². The Morgan fingerprint density at radius 3 is 2.45 bits per heavy atom. The number of hydrogen-bond donors (Lipinski definition) is 1. The van der Waals surface area contributed by atoms with E-state index in [9.17, 15) is 18.0 Å². The maximum absolute atomic E-state index is 13.4. The van der Waals surface area contributed by atoms with Gasteiger partial charge in [-0.3, -0.25) is 14.5 Å². The molecule has 3 rings (SSSR count). The Kier molecular flexibility index (Phi) is 8.79. The monoisotopic (exact) mass is 455 g/mol. The molecule has 2 saturated heterocycles. The Balaban J connectivity index is 1.61. The van der Waals surface area contributed by atoms with Crippen LogP contribution in [0.2, 0.25) is 0 Å². The molecule has 0 aromatic carbocycles. The van der Waals surface area contributed by atoms with Crippen molar-refractivity contribution in [3.8, 4) is 0 Å². The molecule has 8 heteroatoms. The minimum absolute atomic E-state index is 0.0504. The lowest BCUT2D eigenvalue weighted by Gasteiger charge is -2.40. The first-order valence-electron chi connectivity index (χ1n) is 12.3. The van der Waals surface area contributed by atoms with E-state index in [0.717, 1.165) is 57.9 Å². The topological polar surface area (TPSA) is 86.8 Å². The van der Waals surface area contributed by atoms with E-state index < -0.39 is 9.84 Å². The second-order valence-electron chi connectivity index (χ2n) is 9.92. The molecular weight excluding hydrogens is 414 g/mol. The second kappa shape index (κ2) is 11.1. The molecule has 3 fully saturated rings. The molecule has 7 nitrogen and oxygen atoms in total. The quantitative estimate of drug-likeness (QED) is 0.607. The van der Waals surface area contributed by atoms with Gasteiger partial charge in [0.15, 0.2) is 9.84 Å². The summed E-state index contributed by atoms with van der Waals surface area (Å²) in [5.41, 5.74) is 0. The summed E-state index contributed by atoms with van der Waals surface area (Å²) in [7, 11) is -3.04. The summed E-state index contributed by atoms with van der Waals surface area (Å²) in [5.74, 6) is 0.375. The van der Waals surface area contributed by atoms with Crippen molar-refractivity contribution >= 4 is 21.7 Å². The van der Waals surface area contributed by atoms with Crippen LogP contribution < -0.4 is 5.32 Å². The lowest BCUT2D eigenvalue weighted by molar-refractivity contribution is -0.139. The summed E-state index contributed by atoms with van der Waals surface area (Å²) in [6, 6.07) is 0.165. The number of hydrogen-bond acceptors (Lipinski definition) is 5. The largest absolute Gasteiger partial charge is 0.353 e. The molecule has 0 aromatic rings. The maximum Gasteiger partial charge on any atom is 0.237 e. The SMILES string of the molecule is CCCC(C)NC(=O)C1CCCN(CC(=O)N(C2CCCCC2)C2CCS(=O)(=O)C2)C1. The number of nitrogens with one attached hydrogen (secondary N) is 1. The Morgan fingerprint density at radius 1 is 1.06 bits per heavy atom. The van der Waals surface area contributed by atoms with E-state index >= 15 is 0 Å². The number of carbonyl (C=O) groups is 2. The molecule has 0 radical (unpaired) electrons. The summed E-state index contributed by atoms with van der Waals surface area (Å²) in [6.45, 7) is 5.88. The van der Waals surface area contributed by atoms with Crippen LogP contribution in [0.25, 0.3) is 0 Å². The molecule has 3 unspecified atom stereocenters. The van der Waals surface area contributed by atoms with Crippen LogP contribution in [0, 0.1) is 5.92 Å². The number of sulfone groups is 1. The highest BCUT2D eigenvalue weighted by atomic mass is 32.2. The van der Waals surface area contributed by atoms with E-state index in [-0.39, 0.29) is 47.4 Å². The van der Waals surface area contributed by atoms with Gasteiger partial charge in [-0.25, -0.2) is 8.42 Å². The van der Waals surface area contributed by atoms with Gasteiger partial charge in [0.25, 0.3) is 0 Å². The van der Waals surface area contributed by atoms with Crippen LogP contribution in [-0.2, 0) is 19.4 Å². The molecule has 0 bridgehead atoms. The van der Waals surface area contributed by atoms with Gasteiger partial charge in [0.05, 0.1) is 24.0 Å². The normalized spacial score (nSPS) is 28.2. The first-order valence-corrected chi connectivity index (χ1v) is 14.2. The molecule has 2 heterocycles. The first-order chi connectivity index (χ1) is 14.8. The van der Waals surface area contributed by atoms with Gasteiger partial charge < -0.3 is 10.2 Å². The average Bonchev–Trinajstić information content (AvgIpc) is 3.08. The molecule has 3 aliphatic rings. The van der Waals surface area contributed by atoms with Crippen LogP contribution in [0.1, 0.15) is 78.1 Å². The van der Waals surface area contributed by atoms with Crippen molar-refractivity contribution in [2.75, 3.05) is 31.1 Å². The minimum Gasteiger partial charge on any atom is -0.353 e. The van der Waals surface area contributed by atoms with Crippen molar-refractivity contribution in [1.29, 1.82) is 0 Å². The van der Waals surface area contributed by atoms with Crippen LogP contribution in [0.3, 0.4) is 0 Å². The fourth-order valence-corrected chi connectivity index (χ4v) is 7.32. The van der Waals surface area contributed by atoms with Gasteiger partial charge in [0.2, 0.25) is 11.8 Å². The number of rotatable bonds is 8. The predicted molar refractivity (Wildman–Crippen MR) is 122 cm³/mol. The van der Waals surface area contributed by atoms with Crippen molar-refractivity contribution in [3.05, 3.63) is 0 Å². The number of piperidine rings is 1. The third-order valence-electron chi connectivity index (χ3n) is 7.20. The molecule has 0 spiro atoms. The summed E-state index contributed by atoms with van der Waals surface area (Å²) in [5, 5.41) is 3.12. The molecular formula is C23H41N3O4S. The highest BCUT2D eigenvalue weighted by Crippen LogP contribution is 2.29. The third kappa shape index (κ3) is 6.91. The Labute approximate surface area is 188 Å². The van der Waals surface area contributed by atoms with Gasteiger partial charge >= 0.3 is 0 Å². The molecule has 1 saturated carbocycles. The fourth-order valence-electron chi connectivity index (χ4n) is 5.61. The molecule has 2 amide bonds. The van der Waals surface area contributed by atoms with Gasteiger partial charge in [0, 0.05) is 24.7 Å². The summed E-state index contributed by atoms with van der Waals surface area (Å²) >= 11 is 0. The number of amides is 2. The van der Waals surface area contributed by atoms with Gasteiger partial charge in [-0.2, -0.15) is 0 Å². The zero-order valence-electron chi connectivity index (χ0n) is 19.4. The van der Waals surface area contributed by atoms with E-state index in [1.54, 1.807) is 0 Å². The summed E-state index contributed by atoms with van der Waals surface area (Å²) < 4.78 is 24.2. The average molecular weight is 456 g/mol. The first kappa shape index (κ1) is 24.5. The number of nitrogens with zero attached hydrogens (tertiary/aromatic N) is 2. The Bertz CT molecular complexity index is 720. The lowest BCUT2D eigenvalue weighted by Crippen LogP contribution is -2.53. The standard InChI is InChI=1S/C23H41N3O4S/c1-3-8-18(2)24-23(28)19-9-7-13-25(15-19)16-22(27)26(20-10-5-4-6-11-20)21-12-14-31(29,30)17-21/h18-21H,3-17H2,1-2H3,(H,24,28). The minimum atomic E-state index is -3.04. The molecule has 1 N–H and O–H groups in total. The van der Waals surface area contributed by atoms with E-state index in [1.807, 2.05) is 11.8 Å². The van der Waals surface area contributed by atoms with E-state index in [4.69, 9.17) is 0 Å². The summed E-state index contributed by atoms with van der Waals surface area (Å²) in [6.07, 6.45) is 9.71. The van der Waals surface area contributed by atoms with Crippen molar-refractivity contribution < 1.29 is 18.0 Å². The predicted octanol–water partition coefficient (Wildman–Crippen LogP) is 2.35. The second-order valence-corrected chi connectivity index (χ2v) is 12.2. The van der Waals surface area contributed by atoms with Gasteiger partial charge in [0.1, 0.15) is 0 Å². The molecule has 0 aromatic heterocycles. The van der Waals surface area contributed by atoms with Gasteiger partial charge in [-0.15, -0.1) is 0 Å². The van der Waals surface area contributed by atoms with Gasteiger partial charge in [-0.05, 0) is 52.0 Å².